The number of hydrogen-bond donors (Lipinski definition) is 0. The molecule has 1 amide bonds. The van der Waals surface area contributed by atoms with Crippen LogP contribution >= 0.6 is 0 Å². The van der Waals surface area contributed by atoms with Gasteiger partial charge in [-0.15, -0.1) is 0 Å². The first kappa shape index (κ1) is 10.0. The summed E-state index contributed by atoms with van der Waals surface area (Å²) in [6, 6.07) is 0. The molecule has 1 saturated heterocycles. The van der Waals surface area contributed by atoms with Crippen molar-refractivity contribution in [1.82, 2.24) is 4.90 Å². The van der Waals surface area contributed by atoms with Gasteiger partial charge in [0.25, 0.3) is 5.54 Å². The van der Waals surface area contributed by atoms with Crippen molar-refractivity contribution < 1.29 is 4.79 Å². The number of likely N-dealkylation sites (tertiary alicyclic amines) is 1. The summed E-state index contributed by atoms with van der Waals surface area (Å²) in [6.07, 6.45) is 0. The van der Waals surface area contributed by atoms with E-state index in [2.05, 4.69) is 25.6 Å². The monoisotopic (exact) mass is 180 g/mol. The molecule has 0 saturated carbocycles. The van der Waals surface area contributed by atoms with E-state index >= 15 is 0 Å². The van der Waals surface area contributed by atoms with Crippen molar-refractivity contribution >= 4 is 5.91 Å². The fraction of sp³-hybridized carbons (Fsp3) is 0.800. The molecule has 1 heterocycles. The number of carbonyl (C=O) groups is 1. The Bertz CT molecular complexity index is 264. The second-order valence-electron chi connectivity index (χ2n) is 4.77. The standard InChI is InChI=1S/C10H16N2O/c1-8(13)12-6-10(7-12,11-5)9(2,3)4/h6-7H2,1-4H3. The molecule has 1 rings (SSSR count). The maximum Gasteiger partial charge on any atom is 0.271 e. The van der Waals surface area contributed by atoms with Crippen molar-refractivity contribution in [2.45, 2.75) is 33.2 Å². The molecule has 1 aliphatic rings. The third kappa shape index (κ3) is 1.41. The van der Waals surface area contributed by atoms with E-state index in [-0.39, 0.29) is 16.9 Å². The zero-order valence-corrected chi connectivity index (χ0v) is 8.72. The molecule has 0 aromatic rings. The van der Waals surface area contributed by atoms with Crippen molar-refractivity contribution in [3.05, 3.63) is 11.4 Å². The van der Waals surface area contributed by atoms with Gasteiger partial charge in [0.05, 0.1) is 0 Å². The van der Waals surface area contributed by atoms with Crippen LogP contribution in [0, 0.1) is 12.0 Å². The van der Waals surface area contributed by atoms with Gasteiger partial charge in [0, 0.05) is 12.3 Å². The molecule has 0 aromatic heterocycles. The molecule has 13 heavy (non-hydrogen) atoms. The van der Waals surface area contributed by atoms with Crippen LogP contribution in [0.15, 0.2) is 0 Å². The SMILES string of the molecule is [C-]#[N+]C1(C(C)(C)C)CN(C(C)=O)C1. The van der Waals surface area contributed by atoms with Gasteiger partial charge >= 0.3 is 0 Å². The number of amides is 1. The van der Waals surface area contributed by atoms with Crippen molar-refractivity contribution in [3.8, 4) is 0 Å². The predicted molar refractivity (Wildman–Crippen MR) is 51.0 cm³/mol. The lowest BCUT2D eigenvalue weighted by molar-refractivity contribution is -0.137. The summed E-state index contributed by atoms with van der Waals surface area (Å²) in [5.74, 6) is 0.0727. The Morgan fingerprint density at radius 1 is 1.46 bits per heavy atom. The quantitative estimate of drug-likeness (QED) is 0.519. The first-order chi connectivity index (χ1) is 5.82. The van der Waals surface area contributed by atoms with Gasteiger partial charge in [-0.2, -0.15) is 0 Å². The summed E-state index contributed by atoms with van der Waals surface area (Å²) in [5, 5.41) is 0. The Labute approximate surface area is 79.5 Å². The fourth-order valence-electron chi connectivity index (χ4n) is 1.52. The minimum absolute atomic E-state index is 0.0410. The molecule has 0 atom stereocenters. The van der Waals surface area contributed by atoms with E-state index in [0.29, 0.717) is 13.1 Å². The molecule has 3 heteroatoms. The summed E-state index contributed by atoms with van der Waals surface area (Å²) < 4.78 is 0. The largest absolute Gasteiger partial charge is 0.326 e. The molecule has 0 unspecified atom stereocenters. The normalized spacial score (nSPS) is 20.4. The van der Waals surface area contributed by atoms with Gasteiger partial charge in [-0.1, -0.05) is 20.8 Å². The zero-order valence-electron chi connectivity index (χ0n) is 8.72. The Balaban J connectivity index is 2.73. The van der Waals surface area contributed by atoms with Crippen molar-refractivity contribution in [1.29, 1.82) is 0 Å². The van der Waals surface area contributed by atoms with Crippen molar-refractivity contribution in [3.63, 3.8) is 0 Å². The number of hydrogen-bond acceptors (Lipinski definition) is 1. The average molecular weight is 180 g/mol. The minimum atomic E-state index is -0.349. The van der Waals surface area contributed by atoms with Crippen LogP contribution in [-0.2, 0) is 4.79 Å². The molecule has 0 spiro atoms. The van der Waals surface area contributed by atoms with E-state index in [1.807, 2.05) is 0 Å². The summed E-state index contributed by atoms with van der Waals surface area (Å²) >= 11 is 0. The van der Waals surface area contributed by atoms with Crippen LogP contribution in [0.2, 0.25) is 0 Å². The fourth-order valence-corrected chi connectivity index (χ4v) is 1.52. The van der Waals surface area contributed by atoms with Crippen molar-refractivity contribution in [2.75, 3.05) is 13.1 Å². The highest BCUT2D eigenvalue weighted by Gasteiger charge is 2.58. The molecular weight excluding hydrogens is 164 g/mol. The number of carbonyl (C=O) groups excluding carboxylic acids is 1. The van der Waals surface area contributed by atoms with Crippen LogP contribution in [0.3, 0.4) is 0 Å². The van der Waals surface area contributed by atoms with Crippen LogP contribution in [-0.4, -0.2) is 29.4 Å². The topological polar surface area (TPSA) is 24.7 Å². The molecule has 3 nitrogen and oxygen atoms in total. The van der Waals surface area contributed by atoms with Gasteiger partial charge in [0.1, 0.15) is 13.1 Å². The van der Waals surface area contributed by atoms with Crippen LogP contribution in [0.4, 0.5) is 0 Å². The predicted octanol–water partition coefficient (Wildman–Crippen LogP) is 1.55. The highest BCUT2D eigenvalue weighted by Crippen LogP contribution is 2.41. The van der Waals surface area contributed by atoms with Gasteiger partial charge in [-0.25, -0.2) is 6.57 Å². The van der Waals surface area contributed by atoms with E-state index < -0.39 is 0 Å². The van der Waals surface area contributed by atoms with Gasteiger partial charge in [0.15, 0.2) is 0 Å². The smallest absolute Gasteiger partial charge is 0.271 e. The molecule has 0 aromatic carbocycles. The summed E-state index contributed by atoms with van der Waals surface area (Å²) in [6.45, 7) is 16.1. The van der Waals surface area contributed by atoms with Gasteiger partial charge in [0.2, 0.25) is 5.91 Å². The van der Waals surface area contributed by atoms with Crippen molar-refractivity contribution in [2.24, 2.45) is 5.41 Å². The average Bonchev–Trinajstić information content (AvgIpc) is 1.81. The van der Waals surface area contributed by atoms with E-state index in [0.717, 1.165) is 0 Å². The molecule has 0 radical (unpaired) electrons. The Hall–Kier alpha value is -1.04. The van der Waals surface area contributed by atoms with Gasteiger partial charge in [-0.3, -0.25) is 4.79 Å². The first-order valence-electron chi connectivity index (χ1n) is 4.46. The molecule has 0 bridgehead atoms. The third-order valence-electron chi connectivity index (χ3n) is 2.96. The van der Waals surface area contributed by atoms with Crippen LogP contribution in [0.1, 0.15) is 27.7 Å². The molecule has 0 aliphatic carbocycles. The summed E-state index contributed by atoms with van der Waals surface area (Å²) in [4.78, 5) is 16.4. The van der Waals surface area contributed by atoms with E-state index in [4.69, 9.17) is 6.57 Å². The summed E-state index contributed by atoms with van der Waals surface area (Å²) in [7, 11) is 0. The highest BCUT2D eigenvalue weighted by atomic mass is 16.2. The highest BCUT2D eigenvalue weighted by molar-refractivity contribution is 5.75. The van der Waals surface area contributed by atoms with Crippen LogP contribution in [0.5, 0.6) is 0 Å². The second kappa shape index (κ2) is 2.73. The molecule has 1 fully saturated rings. The summed E-state index contributed by atoms with van der Waals surface area (Å²) in [5.41, 5.74) is -0.390. The maximum atomic E-state index is 11.0. The zero-order chi connectivity index (χ0) is 10.3. The van der Waals surface area contributed by atoms with Gasteiger partial charge < -0.3 is 9.74 Å². The number of nitrogens with zero attached hydrogens (tertiary/aromatic N) is 2. The molecule has 72 valence electrons. The van der Waals surface area contributed by atoms with E-state index in [1.165, 1.54) is 0 Å². The second-order valence-corrected chi connectivity index (χ2v) is 4.77. The molecule has 1 aliphatic heterocycles. The molecular formula is C10H16N2O. The third-order valence-corrected chi connectivity index (χ3v) is 2.96. The van der Waals surface area contributed by atoms with Gasteiger partial charge in [-0.05, 0) is 0 Å². The Morgan fingerprint density at radius 2 is 1.92 bits per heavy atom. The Morgan fingerprint density at radius 3 is 2.15 bits per heavy atom. The lowest BCUT2D eigenvalue weighted by Crippen LogP contribution is -2.66. The minimum Gasteiger partial charge on any atom is -0.326 e. The lowest BCUT2D eigenvalue weighted by Gasteiger charge is -2.47. The maximum absolute atomic E-state index is 11.0. The van der Waals surface area contributed by atoms with Crippen LogP contribution in [0.25, 0.3) is 4.85 Å². The van der Waals surface area contributed by atoms with E-state index in [9.17, 15) is 4.79 Å². The Kier molecular flexibility index (Phi) is 2.11. The first-order valence-corrected chi connectivity index (χ1v) is 4.46. The number of rotatable bonds is 0. The van der Waals surface area contributed by atoms with E-state index in [1.54, 1.807) is 11.8 Å². The lowest BCUT2D eigenvalue weighted by atomic mass is 9.69. The van der Waals surface area contributed by atoms with Crippen LogP contribution < -0.4 is 0 Å². The molecule has 0 N–H and O–H groups in total.